The Morgan fingerprint density at radius 1 is 0.727 bits per heavy atom. The molecule has 0 spiro atoms. The molecule has 0 heterocycles. The van der Waals surface area contributed by atoms with Gasteiger partial charge in [-0.05, 0) is 85.8 Å². The van der Waals surface area contributed by atoms with E-state index in [2.05, 4.69) is 39.8 Å². The molecule has 0 aromatic heterocycles. The Morgan fingerprint density at radius 2 is 1.14 bits per heavy atom. The third-order valence-electron chi connectivity index (χ3n) is 5.57. The SMILES string of the molecule is CCCCC1=Cc2c(C)c3c(c(C)c2C1)C=C(CCCC)C3. The minimum absolute atomic E-state index is 1.20. The number of unbranched alkanes of at least 4 members (excludes halogenated alkanes) is 2. The highest BCUT2D eigenvalue weighted by molar-refractivity contribution is 5.78. The van der Waals surface area contributed by atoms with Crippen LogP contribution in [-0.4, -0.2) is 0 Å². The maximum absolute atomic E-state index is 2.51. The fourth-order valence-electron chi connectivity index (χ4n) is 4.12. The average molecular weight is 294 g/mol. The highest BCUT2D eigenvalue weighted by Gasteiger charge is 2.25. The van der Waals surface area contributed by atoms with Gasteiger partial charge in [0.1, 0.15) is 0 Å². The van der Waals surface area contributed by atoms with Crippen LogP contribution in [0.3, 0.4) is 0 Å². The summed E-state index contributed by atoms with van der Waals surface area (Å²) in [5, 5.41) is 0. The molecule has 22 heavy (non-hydrogen) atoms. The molecule has 0 N–H and O–H groups in total. The summed E-state index contributed by atoms with van der Waals surface area (Å²) < 4.78 is 0. The van der Waals surface area contributed by atoms with E-state index in [-0.39, 0.29) is 0 Å². The van der Waals surface area contributed by atoms with Crippen molar-refractivity contribution in [1.82, 2.24) is 0 Å². The van der Waals surface area contributed by atoms with Crippen molar-refractivity contribution >= 4 is 12.2 Å². The number of hydrogen-bond donors (Lipinski definition) is 0. The smallest absolute Gasteiger partial charge is 0.00549 e. The van der Waals surface area contributed by atoms with Gasteiger partial charge >= 0.3 is 0 Å². The van der Waals surface area contributed by atoms with Gasteiger partial charge in [0.15, 0.2) is 0 Å². The summed E-state index contributed by atoms with van der Waals surface area (Å²) in [6, 6.07) is 0. The van der Waals surface area contributed by atoms with Crippen molar-refractivity contribution in [3.05, 3.63) is 44.5 Å². The molecule has 1 aromatic carbocycles. The zero-order valence-corrected chi connectivity index (χ0v) is 14.8. The molecule has 0 bridgehead atoms. The van der Waals surface area contributed by atoms with Crippen molar-refractivity contribution in [3.8, 4) is 0 Å². The second kappa shape index (κ2) is 6.44. The maximum Gasteiger partial charge on any atom is -0.00549 e. The number of benzene rings is 1. The van der Waals surface area contributed by atoms with Crippen molar-refractivity contribution in [3.63, 3.8) is 0 Å². The normalized spacial score (nSPS) is 15.6. The first-order chi connectivity index (χ1) is 10.7. The zero-order chi connectivity index (χ0) is 15.7. The van der Waals surface area contributed by atoms with Crippen molar-refractivity contribution < 1.29 is 0 Å². The molecule has 1 aromatic rings. The molecule has 0 fully saturated rings. The lowest BCUT2D eigenvalue weighted by Crippen LogP contribution is -2.00. The van der Waals surface area contributed by atoms with Gasteiger partial charge in [0.25, 0.3) is 0 Å². The summed E-state index contributed by atoms with van der Waals surface area (Å²) in [4.78, 5) is 0. The Bertz CT molecular complexity index is 583. The molecule has 0 saturated heterocycles. The molecular formula is C22H30. The molecule has 0 unspecified atom stereocenters. The topological polar surface area (TPSA) is 0 Å². The van der Waals surface area contributed by atoms with Crippen LogP contribution in [0.15, 0.2) is 11.1 Å². The third-order valence-corrected chi connectivity index (χ3v) is 5.57. The minimum Gasteiger partial charge on any atom is -0.0654 e. The summed E-state index contributed by atoms with van der Waals surface area (Å²) >= 11 is 0. The highest BCUT2D eigenvalue weighted by atomic mass is 14.3. The first-order valence-electron chi connectivity index (χ1n) is 9.19. The van der Waals surface area contributed by atoms with Gasteiger partial charge in [-0.15, -0.1) is 0 Å². The van der Waals surface area contributed by atoms with E-state index >= 15 is 0 Å². The van der Waals surface area contributed by atoms with Crippen LogP contribution in [0.1, 0.15) is 85.8 Å². The summed E-state index contributed by atoms with van der Waals surface area (Å²) in [6.45, 7) is 9.28. The Hall–Kier alpha value is -1.30. The molecule has 0 radical (unpaired) electrons. The van der Waals surface area contributed by atoms with Gasteiger partial charge in [0, 0.05) is 0 Å². The van der Waals surface area contributed by atoms with E-state index < -0.39 is 0 Å². The van der Waals surface area contributed by atoms with Crippen molar-refractivity contribution in [2.45, 2.75) is 79.1 Å². The number of rotatable bonds is 6. The van der Waals surface area contributed by atoms with Gasteiger partial charge in [0.2, 0.25) is 0 Å². The van der Waals surface area contributed by atoms with Gasteiger partial charge in [-0.25, -0.2) is 0 Å². The summed E-state index contributed by atoms with van der Waals surface area (Å²) in [6.07, 6.45) is 15.3. The van der Waals surface area contributed by atoms with Crippen LogP contribution in [0.25, 0.3) is 12.2 Å². The molecule has 0 saturated carbocycles. The molecule has 0 heteroatoms. The Morgan fingerprint density at radius 3 is 1.50 bits per heavy atom. The second-order valence-electron chi connectivity index (χ2n) is 7.20. The fraction of sp³-hybridized carbons (Fsp3) is 0.545. The lowest BCUT2D eigenvalue weighted by Gasteiger charge is -2.15. The van der Waals surface area contributed by atoms with E-state index in [9.17, 15) is 0 Å². The fourth-order valence-corrected chi connectivity index (χ4v) is 4.12. The summed E-state index contributed by atoms with van der Waals surface area (Å²) in [7, 11) is 0. The summed E-state index contributed by atoms with van der Waals surface area (Å²) in [5.41, 5.74) is 12.8. The first-order valence-corrected chi connectivity index (χ1v) is 9.19. The van der Waals surface area contributed by atoms with E-state index in [4.69, 9.17) is 0 Å². The van der Waals surface area contributed by atoms with Gasteiger partial charge in [-0.1, -0.05) is 50.0 Å². The van der Waals surface area contributed by atoms with E-state index in [1.807, 2.05) is 0 Å². The monoisotopic (exact) mass is 294 g/mol. The Balaban J connectivity index is 1.90. The van der Waals surface area contributed by atoms with Gasteiger partial charge in [0.05, 0.1) is 0 Å². The first kappa shape index (κ1) is 15.6. The quantitative estimate of drug-likeness (QED) is 0.557. The van der Waals surface area contributed by atoms with E-state index in [1.54, 1.807) is 44.5 Å². The van der Waals surface area contributed by atoms with Crippen molar-refractivity contribution in [2.24, 2.45) is 0 Å². The van der Waals surface area contributed by atoms with Crippen LogP contribution in [0.5, 0.6) is 0 Å². The molecule has 2 aliphatic carbocycles. The lowest BCUT2D eigenvalue weighted by atomic mass is 9.90. The number of fused-ring (bicyclic) bond motifs is 2. The molecule has 0 atom stereocenters. The van der Waals surface area contributed by atoms with Crippen molar-refractivity contribution in [2.75, 3.05) is 0 Å². The number of allylic oxidation sites excluding steroid dienone is 2. The Kier molecular flexibility index (Phi) is 4.57. The maximum atomic E-state index is 2.51. The second-order valence-corrected chi connectivity index (χ2v) is 7.20. The number of hydrogen-bond acceptors (Lipinski definition) is 0. The largest absolute Gasteiger partial charge is 0.0654 e. The third kappa shape index (κ3) is 2.69. The van der Waals surface area contributed by atoms with Crippen LogP contribution in [0.2, 0.25) is 0 Å². The van der Waals surface area contributed by atoms with Crippen LogP contribution in [0, 0.1) is 13.8 Å². The predicted molar refractivity (Wildman–Crippen MR) is 98.3 cm³/mol. The summed E-state index contributed by atoms with van der Waals surface area (Å²) in [5.74, 6) is 0. The lowest BCUT2D eigenvalue weighted by molar-refractivity contribution is 0.778. The van der Waals surface area contributed by atoms with Crippen LogP contribution in [0.4, 0.5) is 0 Å². The van der Waals surface area contributed by atoms with Gasteiger partial charge in [-0.2, -0.15) is 0 Å². The standard InChI is InChI=1S/C22H30/c1-5-7-9-17-11-19-15(3)21-13-18(10-8-6-2)14-22(21)16(4)20(19)12-17/h11,14H,5-10,12-13H2,1-4H3. The molecule has 118 valence electrons. The molecule has 0 nitrogen and oxygen atoms in total. The predicted octanol–water partition coefficient (Wildman–Crippen LogP) is 6.56. The molecule has 3 rings (SSSR count). The van der Waals surface area contributed by atoms with E-state index in [0.29, 0.717) is 0 Å². The van der Waals surface area contributed by atoms with Gasteiger partial charge < -0.3 is 0 Å². The molecular weight excluding hydrogens is 264 g/mol. The molecule has 2 aliphatic rings. The highest BCUT2D eigenvalue weighted by Crippen LogP contribution is 2.41. The van der Waals surface area contributed by atoms with Crippen LogP contribution >= 0.6 is 0 Å². The zero-order valence-electron chi connectivity index (χ0n) is 14.8. The molecule has 0 amide bonds. The Labute approximate surface area is 136 Å². The van der Waals surface area contributed by atoms with Crippen LogP contribution < -0.4 is 0 Å². The van der Waals surface area contributed by atoms with Crippen molar-refractivity contribution in [1.29, 1.82) is 0 Å². The average Bonchev–Trinajstić information content (AvgIpc) is 3.13. The minimum atomic E-state index is 1.20. The van der Waals surface area contributed by atoms with Crippen LogP contribution in [-0.2, 0) is 12.8 Å². The van der Waals surface area contributed by atoms with E-state index in [1.165, 1.54) is 51.4 Å². The van der Waals surface area contributed by atoms with Gasteiger partial charge in [-0.3, -0.25) is 0 Å². The van der Waals surface area contributed by atoms with E-state index in [0.717, 1.165) is 0 Å². The molecule has 0 aliphatic heterocycles.